The Kier molecular flexibility index (Phi) is 3.80. The molecule has 0 spiro atoms. The Bertz CT molecular complexity index is 1020. The second-order valence-corrected chi connectivity index (χ2v) is 6.59. The Hall–Kier alpha value is -3.01. The first kappa shape index (κ1) is 15.5. The Morgan fingerprint density at radius 2 is 1.56 bits per heavy atom. The van der Waals surface area contributed by atoms with E-state index in [4.69, 9.17) is 15.1 Å². The lowest BCUT2D eigenvalue weighted by molar-refractivity contribution is 0.705. The molecule has 4 aromatic rings. The van der Waals surface area contributed by atoms with Crippen molar-refractivity contribution < 1.29 is 0 Å². The van der Waals surface area contributed by atoms with Crippen LogP contribution in [0, 0.1) is 6.92 Å². The van der Waals surface area contributed by atoms with Gasteiger partial charge in [-0.3, -0.25) is 0 Å². The molecule has 2 heterocycles. The van der Waals surface area contributed by atoms with Gasteiger partial charge in [0.1, 0.15) is 5.82 Å². The summed E-state index contributed by atoms with van der Waals surface area (Å²) in [4.78, 5) is 9.55. The predicted molar refractivity (Wildman–Crippen MR) is 100 cm³/mol. The molecule has 2 aromatic heterocycles. The standard InChI is InChI=1S/C21H20N4/c1-14(2)21-23-20(17-11-9-15(3)10-12-17)22-19-13-18(24-25(19)21)16-7-5-4-6-8-16/h4-14H,1-3H3. The highest BCUT2D eigenvalue weighted by atomic mass is 15.3. The van der Waals surface area contributed by atoms with Crippen molar-refractivity contribution in [2.45, 2.75) is 26.7 Å². The summed E-state index contributed by atoms with van der Waals surface area (Å²) in [6.07, 6.45) is 0. The van der Waals surface area contributed by atoms with E-state index in [1.165, 1.54) is 5.56 Å². The lowest BCUT2D eigenvalue weighted by atomic mass is 10.1. The van der Waals surface area contributed by atoms with Gasteiger partial charge in [-0.15, -0.1) is 0 Å². The highest BCUT2D eigenvalue weighted by Gasteiger charge is 2.15. The van der Waals surface area contributed by atoms with Crippen LogP contribution in [0.5, 0.6) is 0 Å². The second kappa shape index (κ2) is 6.13. The van der Waals surface area contributed by atoms with E-state index >= 15 is 0 Å². The molecule has 0 aliphatic heterocycles. The SMILES string of the molecule is Cc1ccc(-c2nc(C(C)C)n3nc(-c4ccccc4)cc3n2)cc1. The maximum atomic E-state index is 4.80. The smallest absolute Gasteiger partial charge is 0.163 e. The van der Waals surface area contributed by atoms with Crippen molar-refractivity contribution in [3.05, 3.63) is 72.1 Å². The highest BCUT2D eigenvalue weighted by Crippen LogP contribution is 2.24. The largest absolute Gasteiger partial charge is 0.213 e. The normalized spacial score (nSPS) is 11.4. The van der Waals surface area contributed by atoms with Gasteiger partial charge < -0.3 is 0 Å². The summed E-state index contributed by atoms with van der Waals surface area (Å²) in [5.74, 6) is 1.91. The maximum Gasteiger partial charge on any atom is 0.163 e. The highest BCUT2D eigenvalue weighted by molar-refractivity contribution is 5.66. The fraction of sp³-hybridized carbons (Fsp3) is 0.190. The van der Waals surface area contributed by atoms with Gasteiger partial charge >= 0.3 is 0 Å². The Balaban J connectivity index is 1.91. The molecule has 4 rings (SSSR count). The van der Waals surface area contributed by atoms with Crippen LogP contribution in [0.4, 0.5) is 0 Å². The van der Waals surface area contributed by atoms with Gasteiger partial charge in [0.15, 0.2) is 11.5 Å². The van der Waals surface area contributed by atoms with Crippen LogP contribution < -0.4 is 0 Å². The first-order valence-electron chi connectivity index (χ1n) is 8.52. The second-order valence-electron chi connectivity index (χ2n) is 6.59. The number of hydrogen-bond donors (Lipinski definition) is 0. The molecule has 124 valence electrons. The van der Waals surface area contributed by atoms with E-state index in [0.717, 1.165) is 34.1 Å². The zero-order valence-corrected chi connectivity index (χ0v) is 14.6. The number of hydrogen-bond acceptors (Lipinski definition) is 3. The summed E-state index contributed by atoms with van der Waals surface area (Å²) in [5.41, 5.74) is 5.08. The minimum Gasteiger partial charge on any atom is -0.213 e. The summed E-state index contributed by atoms with van der Waals surface area (Å²) in [7, 11) is 0. The van der Waals surface area contributed by atoms with Gasteiger partial charge in [-0.1, -0.05) is 74.0 Å². The third-order valence-electron chi connectivity index (χ3n) is 4.24. The van der Waals surface area contributed by atoms with Gasteiger partial charge in [0.2, 0.25) is 0 Å². The lowest BCUT2D eigenvalue weighted by Gasteiger charge is -2.09. The van der Waals surface area contributed by atoms with E-state index in [1.54, 1.807) is 0 Å². The molecule has 0 N–H and O–H groups in total. The summed E-state index contributed by atoms with van der Waals surface area (Å²) in [5, 5.41) is 4.74. The molecule has 0 saturated carbocycles. The molecule has 2 aromatic carbocycles. The number of rotatable bonds is 3. The van der Waals surface area contributed by atoms with Crippen molar-refractivity contribution in [2.75, 3.05) is 0 Å². The minimum atomic E-state index is 0.248. The summed E-state index contributed by atoms with van der Waals surface area (Å²) in [6, 6.07) is 20.5. The quantitative estimate of drug-likeness (QED) is 0.538. The van der Waals surface area contributed by atoms with Crippen LogP contribution in [-0.4, -0.2) is 19.6 Å². The third kappa shape index (κ3) is 2.91. The van der Waals surface area contributed by atoms with Crippen molar-refractivity contribution >= 4 is 5.65 Å². The first-order chi connectivity index (χ1) is 12.1. The predicted octanol–water partition coefficient (Wildman–Crippen LogP) is 4.89. The molecule has 0 amide bonds. The lowest BCUT2D eigenvalue weighted by Crippen LogP contribution is -2.07. The monoisotopic (exact) mass is 328 g/mol. The van der Waals surface area contributed by atoms with E-state index in [2.05, 4.69) is 57.2 Å². The topological polar surface area (TPSA) is 43.1 Å². The molecule has 0 fully saturated rings. The fourth-order valence-corrected chi connectivity index (χ4v) is 2.86. The Morgan fingerprint density at radius 1 is 0.840 bits per heavy atom. The molecule has 0 aliphatic carbocycles. The van der Waals surface area contributed by atoms with Gasteiger partial charge in [-0.05, 0) is 6.92 Å². The molecule has 25 heavy (non-hydrogen) atoms. The number of fused-ring (bicyclic) bond motifs is 1. The Labute approximate surface area is 147 Å². The van der Waals surface area contributed by atoms with Crippen molar-refractivity contribution in [1.82, 2.24) is 19.6 Å². The molecule has 0 radical (unpaired) electrons. The van der Waals surface area contributed by atoms with Crippen LogP contribution in [0.1, 0.15) is 31.2 Å². The van der Waals surface area contributed by atoms with E-state index in [0.29, 0.717) is 0 Å². The van der Waals surface area contributed by atoms with Crippen molar-refractivity contribution in [2.24, 2.45) is 0 Å². The summed E-state index contributed by atoms with van der Waals surface area (Å²) < 4.78 is 1.87. The summed E-state index contributed by atoms with van der Waals surface area (Å²) >= 11 is 0. The molecule has 0 aliphatic rings. The number of benzene rings is 2. The van der Waals surface area contributed by atoms with Crippen LogP contribution in [0.15, 0.2) is 60.7 Å². The van der Waals surface area contributed by atoms with Gasteiger partial charge in [-0.2, -0.15) is 5.10 Å². The molecule has 4 nitrogen and oxygen atoms in total. The van der Waals surface area contributed by atoms with Gasteiger partial charge in [0.05, 0.1) is 5.69 Å². The zero-order valence-electron chi connectivity index (χ0n) is 14.6. The average Bonchev–Trinajstić information content (AvgIpc) is 3.06. The van der Waals surface area contributed by atoms with Crippen LogP contribution >= 0.6 is 0 Å². The van der Waals surface area contributed by atoms with E-state index in [1.807, 2.05) is 28.8 Å². The molecular formula is C21H20N4. The third-order valence-corrected chi connectivity index (χ3v) is 4.24. The summed E-state index contributed by atoms with van der Waals surface area (Å²) in [6.45, 7) is 6.34. The van der Waals surface area contributed by atoms with Crippen molar-refractivity contribution in [3.8, 4) is 22.6 Å². The Morgan fingerprint density at radius 3 is 2.24 bits per heavy atom. The number of aryl methyl sites for hydroxylation is 1. The number of aromatic nitrogens is 4. The van der Waals surface area contributed by atoms with E-state index < -0.39 is 0 Å². The van der Waals surface area contributed by atoms with Gasteiger partial charge in [0.25, 0.3) is 0 Å². The maximum absolute atomic E-state index is 4.80. The fourth-order valence-electron chi connectivity index (χ4n) is 2.86. The van der Waals surface area contributed by atoms with Gasteiger partial charge in [-0.25, -0.2) is 14.5 Å². The van der Waals surface area contributed by atoms with E-state index in [-0.39, 0.29) is 5.92 Å². The van der Waals surface area contributed by atoms with Crippen molar-refractivity contribution in [3.63, 3.8) is 0 Å². The number of nitrogens with zero attached hydrogens (tertiary/aromatic N) is 4. The van der Waals surface area contributed by atoms with Crippen LogP contribution in [-0.2, 0) is 0 Å². The molecule has 0 atom stereocenters. The average molecular weight is 328 g/mol. The van der Waals surface area contributed by atoms with Crippen molar-refractivity contribution in [1.29, 1.82) is 0 Å². The van der Waals surface area contributed by atoms with Crippen LogP contribution in [0.3, 0.4) is 0 Å². The molecule has 0 saturated heterocycles. The van der Waals surface area contributed by atoms with Crippen LogP contribution in [0.25, 0.3) is 28.3 Å². The van der Waals surface area contributed by atoms with E-state index in [9.17, 15) is 0 Å². The first-order valence-corrected chi connectivity index (χ1v) is 8.52. The van der Waals surface area contributed by atoms with Crippen LogP contribution in [0.2, 0.25) is 0 Å². The molecule has 0 unspecified atom stereocenters. The van der Waals surface area contributed by atoms with Gasteiger partial charge in [0, 0.05) is 23.1 Å². The molecular weight excluding hydrogens is 308 g/mol. The molecule has 0 bridgehead atoms. The zero-order chi connectivity index (χ0) is 17.4. The minimum absolute atomic E-state index is 0.248. The molecule has 4 heteroatoms.